The van der Waals surface area contributed by atoms with Crippen LogP contribution in [0.3, 0.4) is 0 Å². The first-order valence-electron chi connectivity index (χ1n) is 8.56. The van der Waals surface area contributed by atoms with Crippen molar-refractivity contribution in [1.82, 2.24) is 0 Å². The second kappa shape index (κ2) is 9.15. The fraction of sp³-hybridized carbons (Fsp3) is 0.0435. The van der Waals surface area contributed by atoms with Crippen molar-refractivity contribution in [2.75, 3.05) is 11.9 Å². The molecule has 0 unspecified atom stereocenters. The van der Waals surface area contributed by atoms with Crippen LogP contribution in [0, 0.1) is 0 Å². The third-order valence-corrected chi connectivity index (χ3v) is 3.79. The molecule has 0 aliphatic heterocycles. The molecular formula is C23H19NO3. The summed E-state index contributed by atoms with van der Waals surface area (Å²) in [5.74, 6) is 0.196. The molecular weight excluding hydrogens is 338 g/mol. The number of anilines is 1. The van der Waals surface area contributed by atoms with Gasteiger partial charge in [0.15, 0.2) is 12.4 Å². The van der Waals surface area contributed by atoms with Crippen LogP contribution in [0.2, 0.25) is 0 Å². The standard InChI is InChI=1S/C23H19NO3/c25-22(16-11-18-7-3-1-4-8-18)19-12-14-21(15-13-19)27-17-23(26)24-20-9-5-2-6-10-20/h1-16H,17H2,(H,24,26)/b16-11+. The number of rotatable bonds is 7. The Morgan fingerprint density at radius 1 is 0.815 bits per heavy atom. The number of para-hydroxylation sites is 1. The molecule has 3 aromatic carbocycles. The van der Waals surface area contributed by atoms with Crippen molar-refractivity contribution >= 4 is 23.5 Å². The molecule has 0 saturated heterocycles. The topological polar surface area (TPSA) is 55.4 Å². The van der Waals surface area contributed by atoms with Crippen LogP contribution in [0.15, 0.2) is 91.0 Å². The Kier molecular flexibility index (Phi) is 6.15. The van der Waals surface area contributed by atoms with Crippen LogP contribution in [0.1, 0.15) is 15.9 Å². The van der Waals surface area contributed by atoms with E-state index in [1.54, 1.807) is 48.6 Å². The van der Waals surface area contributed by atoms with Gasteiger partial charge in [0.1, 0.15) is 5.75 Å². The van der Waals surface area contributed by atoms with Crippen LogP contribution >= 0.6 is 0 Å². The lowest BCUT2D eigenvalue weighted by molar-refractivity contribution is -0.118. The van der Waals surface area contributed by atoms with Gasteiger partial charge >= 0.3 is 0 Å². The summed E-state index contributed by atoms with van der Waals surface area (Å²) in [6, 6.07) is 25.5. The first-order chi connectivity index (χ1) is 13.2. The first-order valence-corrected chi connectivity index (χ1v) is 8.56. The number of carbonyl (C=O) groups is 2. The lowest BCUT2D eigenvalue weighted by Crippen LogP contribution is -2.20. The Morgan fingerprint density at radius 2 is 1.44 bits per heavy atom. The molecule has 0 aromatic heterocycles. The summed E-state index contributed by atoms with van der Waals surface area (Å²) in [7, 11) is 0. The van der Waals surface area contributed by atoms with E-state index in [9.17, 15) is 9.59 Å². The summed E-state index contributed by atoms with van der Waals surface area (Å²) >= 11 is 0. The zero-order valence-electron chi connectivity index (χ0n) is 14.7. The lowest BCUT2D eigenvalue weighted by atomic mass is 10.1. The van der Waals surface area contributed by atoms with Crippen molar-refractivity contribution in [2.24, 2.45) is 0 Å². The fourth-order valence-electron chi connectivity index (χ4n) is 2.42. The average Bonchev–Trinajstić information content (AvgIpc) is 2.72. The van der Waals surface area contributed by atoms with Crippen molar-refractivity contribution in [2.45, 2.75) is 0 Å². The Labute approximate surface area is 158 Å². The summed E-state index contributed by atoms with van der Waals surface area (Å²) in [4.78, 5) is 24.1. The highest BCUT2D eigenvalue weighted by atomic mass is 16.5. The van der Waals surface area contributed by atoms with Gasteiger partial charge in [-0.25, -0.2) is 0 Å². The van der Waals surface area contributed by atoms with E-state index in [0.29, 0.717) is 11.3 Å². The zero-order valence-corrected chi connectivity index (χ0v) is 14.7. The van der Waals surface area contributed by atoms with E-state index in [1.807, 2.05) is 48.5 Å². The number of nitrogens with one attached hydrogen (secondary N) is 1. The molecule has 0 spiro atoms. The predicted molar refractivity (Wildman–Crippen MR) is 107 cm³/mol. The number of carbonyl (C=O) groups excluding carboxylic acids is 2. The van der Waals surface area contributed by atoms with Gasteiger partial charge in [-0.15, -0.1) is 0 Å². The van der Waals surface area contributed by atoms with Crippen LogP contribution < -0.4 is 10.1 Å². The predicted octanol–water partition coefficient (Wildman–Crippen LogP) is 4.60. The van der Waals surface area contributed by atoms with Crippen molar-refractivity contribution in [3.05, 3.63) is 102 Å². The molecule has 3 rings (SSSR count). The monoisotopic (exact) mass is 357 g/mol. The van der Waals surface area contributed by atoms with Gasteiger partial charge in [0, 0.05) is 11.3 Å². The van der Waals surface area contributed by atoms with E-state index < -0.39 is 0 Å². The number of ketones is 1. The molecule has 27 heavy (non-hydrogen) atoms. The number of allylic oxidation sites excluding steroid dienone is 1. The maximum absolute atomic E-state index is 12.2. The van der Waals surface area contributed by atoms with Crippen LogP contribution in [-0.4, -0.2) is 18.3 Å². The molecule has 1 amide bonds. The van der Waals surface area contributed by atoms with Gasteiger partial charge < -0.3 is 10.1 Å². The molecule has 3 aromatic rings. The number of ether oxygens (including phenoxy) is 1. The average molecular weight is 357 g/mol. The van der Waals surface area contributed by atoms with E-state index >= 15 is 0 Å². The van der Waals surface area contributed by atoms with Crippen LogP contribution in [-0.2, 0) is 4.79 Å². The quantitative estimate of drug-likeness (QED) is 0.497. The molecule has 0 aliphatic carbocycles. The van der Waals surface area contributed by atoms with E-state index in [2.05, 4.69) is 5.32 Å². The third kappa shape index (κ3) is 5.68. The van der Waals surface area contributed by atoms with Gasteiger partial charge in [0.2, 0.25) is 0 Å². The Morgan fingerprint density at radius 3 is 2.11 bits per heavy atom. The zero-order chi connectivity index (χ0) is 18.9. The van der Waals surface area contributed by atoms with E-state index in [1.165, 1.54) is 0 Å². The summed E-state index contributed by atoms with van der Waals surface area (Å²) in [5.41, 5.74) is 2.25. The Balaban J connectivity index is 1.51. The third-order valence-electron chi connectivity index (χ3n) is 3.79. The summed E-state index contributed by atoms with van der Waals surface area (Å²) in [6.07, 6.45) is 3.32. The molecule has 4 heteroatoms. The van der Waals surface area contributed by atoms with Gasteiger partial charge in [-0.2, -0.15) is 0 Å². The van der Waals surface area contributed by atoms with Crippen LogP contribution in [0.4, 0.5) is 5.69 Å². The van der Waals surface area contributed by atoms with Crippen LogP contribution in [0.5, 0.6) is 5.75 Å². The van der Waals surface area contributed by atoms with E-state index in [4.69, 9.17) is 4.74 Å². The van der Waals surface area contributed by atoms with Crippen molar-refractivity contribution in [3.63, 3.8) is 0 Å². The lowest BCUT2D eigenvalue weighted by Gasteiger charge is -2.07. The number of hydrogen-bond acceptors (Lipinski definition) is 3. The molecule has 0 aliphatic rings. The number of amides is 1. The van der Waals surface area contributed by atoms with Crippen molar-refractivity contribution in [1.29, 1.82) is 0 Å². The minimum Gasteiger partial charge on any atom is -0.484 e. The molecule has 0 heterocycles. The molecule has 0 atom stereocenters. The van der Waals surface area contributed by atoms with Gasteiger partial charge in [0.25, 0.3) is 5.91 Å². The number of benzene rings is 3. The highest BCUT2D eigenvalue weighted by Crippen LogP contribution is 2.14. The second-order valence-electron chi connectivity index (χ2n) is 5.84. The SMILES string of the molecule is O=C(COc1ccc(C(=O)/C=C/c2ccccc2)cc1)Nc1ccccc1. The Bertz CT molecular complexity index is 917. The molecule has 134 valence electrons. The second-order valence-corrected chi connectivity index (χ2v) is 5.84. The fourth-order valence-corrected chi connectivity index (χ4v) is 2.42. The van der Waals surface area contributed by atoms with Crippen LogP contribution in [0.25, 0.3) is 6.08 Å². The van der Waals surface area contributed by atoms with Crippen molar-refractivity contribution in [3.8, 4) is 5.75 Å². The van der Waals surface area contributed by atoms with Gasteiger partial charge in [-0.3, -0.25) is 9.59 Å². The van der Waals surface area contributed by atoms with Gasteiger partial charge in [-0.05, 0) is 48.0 Å². The van der Waals surface area contributed by atoms with Gasteiger partial charge in [0.05, 0.1) is 0 Å². The maximum atomic E-state index is 12.2. The smallest absolute Gasteiger partial charge is 0.262 e. The minimum atomic E-state index is -0.243. The molecule has 0 radical (unpaired) electrons. The normalized spacial score (nSPS) is 10.5. The minimum absolute atomic E-state index is 0.0905. The van der Waals surface area contributed by atoms with E-state index in [-0.39, 0.29) is 18.3 Å². The van der Waals surface area contributed by atoms with E-state index in [0.717, 1.165) is 11.3 Å². The summed E-state index contributed by atoms with van der Waals surface area (Å²) in [5, 5.41) is 2.75. The number of hydrogen-bond donors (Lipinski definition) is 1. The molecule has 0 saturated carbocycles. The molecule has 1 N–H and O–H groups in total. The largest absolute Gasteiger partial charge is 0.484 e. The maximum Gasteiger partial charge on any atom is 0.262 e. The summed E-state index contributed by atoms with van der Waals surface area (Å²) < 4.78 is 5.46. The summed E-state index contributed by atoms with van der Waals surface area (Å²) in [6.45, 7) is -0.101. The molecule has 4 nitrogen and oxygen atoms in total. The highest BCUT2D eigenvalue weighted by molar-refractivity contribution is 6.06. The first kappa shape index (κ1) is 18.1. The van der Waals surface area contributed by atoms with Gasteiger partial charge in [-0.1, -0.05) is 54.6 Å². The van der Waals surface area contributed by atoms with Crippen molar-refractivity contribution < 1.29 is 14.3 Å². The Hall–Kier alpha value is -3.66. The molecule has 0 bridgehead atoms. The molecule has 0 fully saturated rings. The highest BCUT2D eigenvalue weighted by Gasteiger charge is 2.05.